The van der Waals surface area contributed by atoms with Gasteiger partial charge in [0.2, 0.25) is 0 Å². The average Bonchev–Trinajstić information content (AvgIpc) is 2.84. The van der Waals surface area contributed by atoms with E-state index >= 15 is 0 Å². The van der Waals surface area contributed by atoms with Crippen molar-refractivity contribution < 1.29 is 14.7 Å². The quantitative estimate of drug-likeness (QED) is 0.911. The fourth-order valence-electron chi connectivity index (χ4n) is 1.89. The zero-order valence-electron chi connectivity index (χ0n) is 11.2. The number of rotatable bonds is 5. The second-order valence-electron chi connectivity index (χ2n) is 4.69. The second-order valence-corrected chi connectivity index (χ2v) is 5.48. The molecule has 1 N–H and O–H groups in total. The third kappa shape index (κ3) is 3.11. The fourth-order valence-corrected chi connectivity index (χ4v) is 2.43. The van der Waals surface area contributed by atoms with Crippen molar-refractivity contribution in [2.45, 2.75) is 26.3 Å². The Labute approximate surface area is 120 Å². The summed E-state index contributed by atoms with van der Waals surface area (Å²) in [6.07, 6.45) is -0.0651. The zero-order valence-corrected chi connectivity index (χ0v) is 12.1. The molecule has 20 heavy (non-hydrogen) atoms. The molecule has 0 fully saturated rings. The van der Waals surface area contributed by atoms with Crippen LogP contribution in [0.5, 0.6) is 0 Å². The summed E-state index contributed by atoms with van der Waals surface area (Å²) < 4.78 is 4.75. The summed E-state index contributed by atoms with van der Waals surface area (Å²) in [5.74, 6) is -1.10. The lowest BCUT2D eigenvalue weighted by molar-refractivity contribution is -0.137. The predicted molar refractivity (Wildman–Crippen MR) is 75.8 cm³/mol. The molecule has 1 aromatic heterocycles. The number of fused-ring (bicyclic) bond motifs is 1. The summed E-state index contributed by atoms with van der Waals surface area (Å²) in [4.78, 5) is 24.7. The van der Waals surface area contributed by atoms with Gasteiger partial charge in [-0.05, 0) is 43.6 Å². The van der Waals surface area contributed by atoms with Gasteiger partial charge in [0.05, 0.1) is 11.1 Å². The van der Waals surface area contributed by atoms with Gasteiger partial charge in [-0.15, -0.1) is 5.10 Å². The fraction of sp³-hybridized carbons (Fsp3) is 0.385. The Morgan fingerprint density at radius 3 is 2.80 bits per heavy atom. The van der Waals surface area contributed by atoms with E-state index < -0.39 is 5.97 Å². The Bertz CT molecular complexity index is 639. The molecule has 1 heterocycles. The van der Waals surface area contributed by atoms with Gasteiger partial charge in [-0.25, -0.2) is 0 Å². The van der Waals surface area contributed by atoms with Crippen molar-refractivity contribution in [3.63, 3.8) is 0 Å². The van der Waals surface area contributed by atoms with Crippen LogP contribution in [0.2, 0.25) is 0 Å². The van der Waals surface area contributed by atoms with Gasteiger partial charge in [-0.2, -0.15) is 0 Å². The summed E-state index contributed by atoms with van der Waals surface area (Å²) in [5, 5.41) is 12.7. The number of aliphatic carboxylic acids is 1. The maximum atomic E-state index is 12.5. The van der Waals surface area contributed by atoms with E-state index in [0.717, 1.165) is 4.70 Å². The molecule has 0 radical (unpaired) electrons. The van der Waals surface area contributed by atoms with Crippen molar-refractivity contribution in [3.05, 3.63) is 23.8 Å². The van der Waals surface area contributed by atoms with Gasteiger partial charge in [-0.3, -0.25) is 9.59 Å². The molecule has 0 saturated carbocycles. The molecule has 1 aromatic carbocycles. The van der Waals surface area contributed by atoms with Crippen LogP contribution in [0.15, 0.2) is 18.2 Å². The minimum absolute atomic E-state index is 0.0638. The maximum Gasteiger partial charge on any atom is 0.305 e. The molecule has 0 aliphatic heterocycles. The lowest BCUT2D eigenvalue weighted by Crippen LogP contribution is -2.38. The van der Waals surface area contributed by atoms with Gasteiger partial charge in [-0.1, -0.05) is 4.49 Å². The van der Waals surface area contributed by atoms with E-state index in [9.17, 15) is 9.59 Å². The molecule has 7 heteroatoms. The molecule has 6 nitrogen and oxygen atoms in total. The highest BCUT2D eigenvalue weighted by molar-refractivity contribution is 7.12. The van der Waals surface area contributed by atoms with Crippen LogP contribution in [-0.2, 0) is 4.79 Å². The lowest BCUT2D eigenvalue weighted by atomic mass is 10.1. The summed E-state index contributed by atoms with van der Waals surface area (Å²) >= 11 is 1.27. The van der Waals surface area contributed by atoms with Gasteiger partial charge in [0.1, 0.15) is 5.52 Å². The molecule has 0 atom stereocenters. The van der Waals surface area contributed by atoms with Crippen molar-refractivity contribution in [1.29, 1.82) is 0 Å². The normalized spacial score (nSPS) is 10.9. The summed E-state index contributed by atoms with van der Waals surface area (Å²) in [5.41, 5.74) is 1.19. The number of hydrogen-bond acceptors (Lipinski definition) is 5. The van der Waals surface area contributed by atoms with E-state index in [1.165, 1.54) is 11.5 Å². The molecule has 1 amide bonds. The number of nitrogens with zero attached hydrogens (tertiary/aromatic N) is 3. The Hall–Kier alpha value is -2.02. The van der Waals surface area contributed by atoms with Crippen LogP contribution in [0, 0.1) is 0 Å². The number of carboxylic acids is 1. The second kappa shape index (κ2) is 5.96. The minimum Gasteiger partial charge on any atom is -0.481 e. The first-order valence-corrected chi connectivity index (χ1v) is 7.01. The number of carboxylic acid groups (broad SMARTS) is 1. The average molecular weight is 293 g/mol. The summed E-state index contributed by atoms with van der Waals surface area (Å²) in [6, 6.07) is 5.16. The maximum absolute atomic E-state index is 12.5. The Morgan fingerprint density at radius 1 is 1.40 bits per heavy atom. The van der Waals surface area contributed by atoms with Crippen molar-refractivity contribution in [2.75, 3.05) is 6.54 Å². The number of benzene rings is 1. The lowest BCUT2D eigenvalue weighted by Gasteiger charge is -2.26. The molecule has 0 unspecified atom stereocenters. The van der Waals surface area contributed by atoms with Crippen LogP contribution >= 0.6 is 11.5 Å². The number of hydrogen-bond donors (Lipinski definition) is 1. The smallest absolute Gasteiger partial charge is 0.305 e. The van der Waals surface area contributed by atoms with Crippen LogP contribution in [0.1, 0.15) is 30.6 Å². The number of carbonyl (C=O) groups is 2. The van der Waals surface area contributed by atoms with Gasteiger partial charge >= 0.3 is 5.97 Å². The van der Waals surface area contributed by atoms with Gasteiger partial charge in [0.15, 0.2) is 0 Å². The Kier molecular flexibility index (Phi) is 4.29. The highest BCUT2D eigenvalue weighted by atomic mass is 32.1. The first-order valence-electron chi connectivity index (χ1n) is 6.24. The van der Waals surface area contributed by atoms with E-state index in [-0.39, 0.29) is 24.9 Å². The van der Waals surface area contributed by atoms with Gasteiger partial charge in [0.25, 0.3) is 5.91 Å². The molecule has 0 spiro atoms. The van der Waals surface area contributed by atoms with Crippen LogP contribution in [0.3, 0.4) is 0 Å². The molecule has 2 aromatic rings. The van der Waals surface area contributed by atoms with E-state index in [2.05, 4.69) is 9.59 Å². The standard InChI is InChI=1S/C13H15N3O3S/c1-8(2)16(6-5-12(17)18)13(19)9-3-4-11-10(7-9)14-15-20-11/h3-4,7-8H,5-6H2,1-2H3,(H,17,18). The van der Waals surface area contributed by atoms with E-state index in [4.69, 9.17) is 5.11 Å². The molecule has 106 valence electrons. The predicted octanol–water partition coefficient (Wildman–Crippen LogP) is 2.02. The Balaban J connectivity index is 2.23. The monoisotopic (exact) mass is 293 g/mol. The number of amides is 1. The van der Waals surface area contributed by atoms with E-state index in [0.29, 0.717) is 11.1 Å². The molecular formula is C13H15N3O3S. The van der Waals surface area contributed by atoms with Crippen molar-refractivity contribution in [2.24, 2.45) is 0 Å². The molecular weight excluding hydrogens is 278 g/mol. The zero-order chi connectivity index (χ0) is 14.7. The molecule has 0 saturated heterocycles. The van der Waals surface area contributed by atoms with Crippen LogP contribution in [0.4, 0.5) is 0 Å². The molecule has 0 aliphatic carbocycles. The van der Waals surface area contributed by atoms with Gasteiger partial charge < -0.3 is 10.0 Å². The SMILES string of the molecule is CC(C)N(CCC(=O)O)C(=O)c1ccc2snnc2c1. The first kappa shape index (κ1) is 14.4. The van der Waals surface area contributed by atoms with Crippen LogP contribution in [0.25, 0.3) is 10.2 Å². The van der Waals surface area contributed by atoms with Crippen molar-refractivity contribution >= 4 is 33.6 Å². The summed E-state index contributed by atoms with van der Waals surface area (Å²) in [7, 11) is 0. The largest absolute Gasteiger partial charge is 0.481 e. The number of carbonyl (C=O) groups excluding carboxylic acids is 1. The van der Waals surface area contributed by atoms with E-state index in [1.54, 1.807) is 17.0 Å². The third-order valence-electron chi connectivity index (χ3n) is 2.94. The molecule has 0 aliphatic rings. The van der Waals surface area contributed by atoms with Crippen molar-refractivity contribution in [1.82, 2.24) is 14.5 Å². The highest BCUT2D eigenvalue weighted by Gasteiger charge is 2.20. The molecule has 2 rings (SSSR count). The highest BCUT2D eigenvalue weighted by Crippen LogP contribution is 2.18. The third-order valence-corrected chi connectivity index (χ3v) is 3.65. The Morgan fingerprint density at radius 2 is 2.15 bits per heavy atom. The topological polar surface area (TPSA) is 83.4 Å². The van der Waals surface area contributed by atoms with Gasteiger partial charge in [0, 0.05) is 18.2 Å². The molecule has 0 bridgehead atoms. The van der Waals surface area contributed by atoms with Crippen molar-refractivity contribution in [3.8, 4) is 0 Å². The minimum atomic E-state index is -0.914. The van der Waals surface area contributed by atoms with Crippen LogP contribution < -0.4 is 0 Å². The van der Waals surface area contributed by atoms with Crippen LogP contribution in [-0.4, -0.2) is 44.1 Å². The first-order chi connectivity index (χ1) is 9.49. The summed E-state index contributed by atoms with van der Waals surface area (Å²) in [6.45, 7) is 3.92. The number of aromatic nitrogens is 2. The van der Waals surface area contributed by atoms with E-state index in [1.807, 2.05) is 19.9 Å².